The van der Waals surface area contributed by atoms with E-state index < -0.39 is 33.1 Å². The molecule has 0 spiro atoms. The lowest BCUT2D eigenvalue weighted by Gasteiger charge is -2.14. The highest BCUT2D eigenvalue weighted by atomic mass is 32.2. The molecule has 0 aliphatic carbocycles. The third-order valence-electron chi connectivity index (χ3n) is 2.69. The first-order valence-corrected chi connectivity index (χ1v) is 7.90. The molecule has 0 saturated heterocycles. The Morgan fingerprint density at radius 1 is 1.17 bits per heavy atom. The number of hydrogen-bond donors (Lipinski definition) is 1. The lowest BCUT2D eigenvalue weighted by molar-refractivity contribution is -0.115. The maximum Gasteiger partial charge on any atom is 0.534 e. The van der Waals surface area contributed by atoms with Crippen LogP contribution in [0, 0.1) is 0 Å². The average molecular weight is 353 g/mol. The van der Waals surface area contributed by atoms with Crippen LogP contribution < -0.4 is 9.50 Å². The van der Waals surface area contributed by atoms with Gasteiger partial charge in [0.1, 0.15) is 0 Å². The molecule has 1 aromatic rings. The number of amides is 1. The monoisotopic (exact) mass is 353 g/mol. The van der Waals surface area contributed by atoms with Gasteiger partial charge in [0.05, 0.1) is 5.56 Å². The highest BCUT2D eigenvalue weighted by Crippen LogP contribution is 2.31. The molecule has 0 heterocycles. The molecular formula is C13H14F3NO5S. The van der Waals surface area contributed by atoms with Crippen LogP contribution in [-0.4, -0.2) is 25.6 Å². The number of hydrogen-bond acceptors (Lipinski definition) is 5. The van der Waals surface area contributed by atoms with Crippen molar-refractivity contribution < 1.29 is 35.4 Å². The summed E-state index contributed by atoms with van der Waals surface area (Å²) in [6.07, 6.45) is 0.0375. The maximum absolute atomic E-state index is 12.4. The zero-order valence-electron chi connectivity index (χ0n) is 12.2. The Morgan fingerprint density at radius 3 is 2.26 bits per heavy atom. The van der Waals surface area contributed by atoms with E-state index in [1.165, 1.54) is 13.0 Å². The summed E-state index contributed by atoms with van der Waals surface area (Å²) in [5.41, 5.74) is -5.95. The van der Waals surface area contributed by atoms with Crippen LogP contribution in [0.5, 0.6) is 5.75 Å². The van der Waals surface area contributed by atoms with Crippen molar-refractivity contribution >= 4 is 27.5 Å². The second-order valence-corrected chi connectivity index (χ2v) is 5.91. The van der Waals surface area contributed by atoms with Crippen molar-refractivity contribution in [2.24, 2.45) is 0 Å². The molecule has 0 aliphatic heterocycles. The van der Waals surface area contributed by atoms with Gasteiger partial charge in [-0.2, -0.15) is 21.6 Å². The van der Waals surface area contributed by atoms with Crippen molar-refractivity contribution in [3.05, 3.63) is 23.8 Å². The summed E-state index contributed by atoms with van der Waals surface area (Å²) in [5, 5.41) is 2.33. The molecule has 1 amide bonds. The Balaban J connectivity index is 3.32. The average Bonchev–Trinajstić information content (AvgIpc) is 2.45. The molecule has 0 fully saturated rings. The molecule has 0 aromatic heterocycles. The number of Topliss-reactive ketones (excluding diaryl/α,β-unsaturated/α-hetero) is 1. The summed E-state index contributed by atoms with van der Waals surface area (Å²) in [7, 11) is -5.93. The van der Waals surface area contributed by atoms with E-state index in [-0.39, 0.29) is 24.1 Å². The standard InChI is InChI=1S/C13H14F3NO5S/c1-3-10(18)9-6-5-8(17-12(19)4-2)7-11(9)22-23(20,21)13(14,15)16/h5-7H,3-4H2,1-2H3,(H,17,19). The maximum atomic E-state index is 12.4. The number of carbonyl (C=O) groups is 2. The molecular weight excluding hydrogens is 339 g/mol. The SMILES string of the molecule is CCC(=O)Nc1ccc(C(=O)CC)c(OS(=O)(=O)C(F)(F)F)c1. The van der Waals surface area contributed by atoms with Gasteiger partial charge < -0.3 is 9.50 Å². The molecule has 0 saturated carbocycles. The first-order chi connectivity index (χ1) is 10.5. The molecule has 10 heteroatoms. The molecule has 0 atom stereocenters. The second kappa shape index (κ2) is 6.99. The van der Waals surface area contributed by atoms with E-state index in [0.717, 1.165) is 12.1 Å². The van der Waals surface area contributed by atoms with Crippen LogP contribution in [0.4, 0.5) is 18.9 Å². The van der Waals surface area contributed by atoms with E-state index in [1.54, 1.807) is 6.92 Å². The predicted octanol–water partition coefficient (Wildman–Crippen LogP) is 2.86. The molecule has 128 valence electrons. The first kappa shape index (κ1) is 18.9. The summed E-state index contributed by atoms with van der Waals surface area (Å²) in [6, 6.07) is 3.22. The number of halogens is 3. The van der Waals surface area contributed by atoms with Crippen molar-refractivity contribution in [2.45, 2.75) is 32.2 Å². The van der Waals surface area contributed by atoms with Crippen molar-refractivity contribution in [1.29, 1.82) is 0 Å². The van der Waals surface area contributed by atoms with E-state index in [1.807, 2.05) is 0 Å². The summed E-state index contributed by atoms with van der Waals surface area (Å²) in [5.74, 6) is -1.84. The van der Waals surface area contributed by atoms with Crippen molar-refractivity contribution in [2.75, 3.05) is 5.32 Å². The second-order valence-electron chi connectivity index (χ2n) is 4.37. The van der Waals surface area contributed by atoms with Gasteiger partial charge in [0.2, 0.25) is 5.91 Å². The molecule has 0 bridgehead atoms. The van der Waals surface area contributed by atoms with Crippen LogP contribution in [0.25, 0.3) is 0 Å². The van der Waals surface area contributed by atoms with Gasteiger partial charge in [0.15, 0.2) is 11.5 Å². The normalized spacial score (nSPS) is 11.9. The predicted molar refractivity (Wildman–Crippen MR) is 75.6 cm³/mol. The highest BCUT2D eigenvalue weighted by Gasteiger charge is 2.49. The number of carbonyl (C=O) groups excluding carboxylic acids is 2. The molecule has 1 aromatic carbocycles. The van der Waals surface area contributed by atoms with Gasteiger partial charge in [0.25, 0.3) is 0 Å². The smallest absolute Gasteiger partial charge is 0.375 e. The molecule has 0 aliphatic rings. The van der Waals surface area contributed by atoms with E-state index in [0.29, 0.717) is 0 Å². The molecule has 1 N–H and O–H groups in total. The molecule has 23 heavy (non-hydrogen) atoms. The highest BCUT2D eigenvalue weighted by molar-refractivity contribution is 7.88. The zero-order valence-corrected chi connectivity index (χ0v) is 13.0. The minimum Gasteiger partial charge on any atom is -0.375 e. The van der Waals surface area contributed by atoms with Gasteiger partial charge >= 0.3 is 15.6 Å². The van der Waals surface area contributed by atoms with Gasteiger partial charge in [-0.3, -0.25) is 9.59 Å². The Kier molecular flexibility index (Phi) is 5.75. The number of rotatable bonds is 6. The zero-order chi connectivity index (χ0) is 17.8. The van der Waals surface area contributed by atoms with Crippen LogP contribution in [0.2, 0.25) is 0 Å². The fraction of sp³-hybridized carbons (Fsp3) is 0.385. The minimum absolute atomic E-state index is 0.0110. The van der Waals surface area contributed by atoms with Crippen LogP contribution >= 0.6 is 0 Å². The van der Waals surface area contributed by atoms with Crippen LogP contribution in [-0.2, 0) is 14.9 Å². The van der Waals surface area contributed by atoms with Crippen molar-refractivity contribution in [3.63, 3.8) is 0 Å². The van der Waals surface area contributed by atoms with Gasteiger partial charge in [-0.15, -0.1) is 0 Å². The summed E-state index contributed by atoms with van der Waals surface area (Å²) in [6.45, 7) is 3.01. The summed E-state index contributed by atoms with van der Waals surface area (Å²) >= 11 is 0. The Labute approximate surface area is 130 Å². The van der Waals surface area contributed by atoms with Crippen molar-refractivity contribution in [3.8, 4) is 5.75 Å². The van der Waals surface area contributed by atoms with Gasteiger partial charge in [-0.05, 0) is 12.1 Å². The number of ketones is 1. The third kappa shape index (κ3) is 4.68. The van der Waals surface area contributed by atoms with Gasteiger partial charge in [-0.1, -0.05) is 13.8 Å². The molecule has 0 unspecified atom stereocenters. The third-order valence-corrected chi connectivity index (χ3v) is 3.66. The quantitative estimate of drug-likeness (QED) is 0.482. The Hall–Kier alpha value is -2.10. The fourth-order valence-corrected chi connectivity index (χ4v) is 1.97. The van der Waals surface area contributed by atoms with E-state index in [2.05, 4.69) is 9.50 Å². The Morgan fingerprint density at radius 2 is 1.78 bits per heavy atom. The van der Waals surface area contributed by atoms with E-state index in [9.17, 15) is 31.2 Å². The largest absolute Gasteiger partial charge is 0.534 e. The number of benzene rings is 1. The molecule has 1 rings (SSSR count). The van der Waals surface area contributed by atoms with E-state index in [4.69, 9.17) is 0 Å². The van der Waals surface area contributed by atoms with Crippen LogP contribution in [0.3, 0.4) is 0 Å². The first-order valence-electron chi connectivity index (χ1n) is 6.49. The van der Waals surface area contributed by atoms with Crippen molar-refractivity contribution in [1.82, 2.24) is 0 Å². The topological polar surface area (TPSA) is 89.5 Å². The lowest BCUT2D eigenvalue weighted by Crippen LogP contribution is -2.28. The fourth-order valence-electron chi connectivity index (χ4n) is 1.50. The van der Waals surface area contributed by atoms with E-state index >= 15 is 0 Å². The Bertz CT molecular complexity index is 713. The van der Waals surface area contributed by atoms with Crippen LogP contribution in [0.1, 0.15) is 37.0 Å². The summed E-state index contributed by atoms with van der Waals surface area (Å²) < 4.78 is 63.6. The number of alkyl halides is 3. The summed E-state index contributed by atoms with van der Waals surface area (Å²) in [4.78, 5) is 23.0. The molecule has 0 radical (unpaired) electrons. The molecule has 6 nitrogen and oxygen atoms in total. The minimum atomic E-state index is -5.93. The van der Waals surface area contributed by atoms with Gasteiger partial charge in [0, 0.05) is 24.6 Å². The number of nitrogens with one attached hydrogen (secondary N) is 1. The number of anilines is 1. The van der Waals surface area contributed by atoms with Gasteiger partial charge in [-0.25, -0.2) is 0 Å². The lowest BCUT2D eigenvalue weighted by atomic mass is 10.1. The van der Waals surface area contributed by atoms with Crippen LogP contribution in [0.15, 0.2) is 18.2 Å².